The van der Waals surface area contributed by atoms with Crippen LogP contribution in [0.25, 0.3) is 0 Å². The molecule has 1 aromatic carbocycles. The Morgan fingerprint density at radius 1 is 0.895 bits per heavy atom. The van der Waals surface area contributed by atoms with E-state index in [4.69, 9.17) is 21.7 Å². The van der Waals surface area contributed by atoms with Gasteiger partial charge in [-0.05, 0) is 24.3 Å². The zero-order valence-electron chi connectivity index (χ0n) is 10.5. The summed E-state index contributed by atoms with van der Waals surface area (Å²) < 4.78 is 0. The maximum absolute atomic E-state index is 10.3. The average molecular weight is 269 g/mol. The molecule has 0 aliphatic heterocycles. The molecule has 1 aromatic rings. The number of hydrogen-bond acceptors (Lipinski definition) is 5. The van der Waals surface area contributed by atoms with E-state index in [1.165, 1.54) is 24.3 Å². The van der Waals surface area contributed by atoms with Crippen LogP contribution >= 0.6 is 0 Å². The second kappa shape index (κ2) is 10.0. The SMILES string of the molecule is NCCNCCN.O=C(O)c1ccc(C(=O)O)cc1. The Hall–Kier alpha value is -1.96. The predicted octanol–water partition coefficient (Wildman–Crippen LogP) is -0.424. The minimum atomic E-state index is -1.06. The number of carbonyl (C=O) groups is 2. The van der Waals surface area contributed by atoms with E-state index in [1.807, 2.05) is 0 Å². The molecule has 0 fully saturated rings. The third kappa shape index (κ3) is 7.87. The summed E-state index contributed by atoms with van der Waals surface area (Å²) in [7, 11) is 0. The standard InChI is InChI=1S/C8H6O4.C4H13N3/c9-7(10)5-1-2-6(4-3-5)8(11)12;5-1-3-7-4-2-6/h1-4H,(H,9,10)(H,11,12);7H,1-6H2. The van der Waals surface area contributed by atoms with Crippen LogP contribution in [0.5, 0.6) is 0 Å². The lowest BCUT2D eigenvalue weighted by Crippen LogP contribution is -2.27. The summed E-state index contributed by atoms with van der Waals surface area (Å²) in [5.41, 5.74) is 10.5. The molecule has 0 aliphatic carbocycles. The Kier molecular flexibility index (Phi) is 8.98. The molecule has 7 N–H and O–H groups in total. The van der Waals surface area contributed by atoms with Crippen molar-refractivity contribution < 1.29 is 19.8 Å². The van der Waals surface area contributed by atoms with E-state index < -0.39 is 11.9 Å². The number of aromatic carboxylic acids is 2. The van der Waals surface area contributed by atoms with Crippen LogP contribution in [0.4, 0.5) is 0 Å². The smallest absolute Gasteiger partial charge is 0.335 e. The molecule has 1 rings (SSSR count). The zero-order chi connectivity index (χ0) is 14.7. The Bertz CT molecular complexity index is 355. The highest BCUT2D eigenvalue weighted by atomic mass is 16.4. The molecule has 0 aromatic heterocycles. The van der Waals surface area contributed by atoms with Gasteiger partial charge < -0.3 is 27.0 Å². The van der Waals surface area contributed by atoms with E-state index >= 15 is 0 Å². The van der Waals surface area contributed by atoms with Gasteiger partial charge in [-0.3, -0.25) is 0 Å². The normalized spacial score (nSPS) is 9.37. The van der Waals surface area contributed by atoms with Gasteiger partial charge in [0.05, 0.1) is 11.1 Å². The van der Waals surface area contributed by atoms with Crippen LogP contribution in [-0.2, 0) is 0 Å². The number of rotatable bonds is 6. The summed E-state index contributed by atoms with van der Waals surface area (Å²) >= 11 is 0. The molecule has 0 aliphatic rings. The van der Waals surface area contributed by atoms with Gasteiger partial charge in [0.25, 0.3) is 0 Å². The van der Waals surface area contributed by atoms with Crippen molar-refractivity contribution in [2.24, 2.45) is 11.5 Å². The molecular weight excluding hydrogens is 250 g/mol. The molecule has 0 unspecified atom stereocenters. The van der Waals surface area contributed by atoms with E-state index in [1.54, 1.807) is 0 Å². The maximum atomic E-state index is 10.3. The van der Waals surface area contributed by atoms with E-state index in [2.05, 4.69) is 5.32 Å². The largest absolute Gasteiger partial charge is 0.478 e. The topological polar surface area (TPSA) is 139 Å². The third-order valence-corrected chi connectivity index (χ3v) is 2.02. The van der Waals surface area contributed by atoms with Gasteiger partial charge in [-0.25, -0.2) is 9.59 Å². The van der Waals surface area contributed by atoms with Crippen LogP contribution in [-0.4, -0.2) is 48.3 Å². The molecule has 7 nitrogen and oxygen atoms in total. The first-order valence-electron chi connectivity index (χ1n) is 5.70. The van der Waals surface area contributed by atoms with Gasteiger partial charge in [0, 0.05) is 26.2 Å². The Balaban J connectivity index is 0.000000399. The minimum absolute atomic E-state index is 0.0833. The fraction of sp³-hybridized carbons (Fsp3) is 0.333. The van der Waals surface area contributed by atoms with Gasteiger partial charge in [0.15, 0.2) is 0 Å². The van der Waals surface area contributed by atoms with Gasteiger partial charge in [0.1, 0.15) is 0 Å². The summed E-state index contributed by atoms with van der Waals surface area (Å²) in [6.07, 6.45) is 0. The lowest BCUT2D eigenvalue weighted by molar-refractivity contribution is 0.0681. The minimum Gasteiger partial charge on any atom is -0.478 e. The van der Waals surface area contributed by atoms with Crippen LogP contribution in [0.15, 0.2) is 24.3 Å². The number of nitrogens with two attached hydrogens (primary N) is 2. The van der Waals surface area contributed by atoms with Gasteiger partial charge in [0.2, 0.25) is 0 Å². The number of nitrogens with one attached hydrogen (secondary N) is 1. The van der Waals surface area contributed by atoms with Gasteiger partial charge in [-0.1, -0.05) is 0 Å². The van der Waals surface area contributed by atoms with Crippen molar-refractivity contribution in [2.45, 2.75) is 0 Å². The monoisotopic (exact) mass is 269 g/mol. The molecular formula is C12H19N3O4. The molecule has 0 saturated carbocycles. The summed E-state index contributed by atoms with van der Waals surface area (Å²) in [5, 5.41) is 20.0. The van der Waals surface area contributed by atoms with Crippen molar-refractivity contribution in [3.63, 3.8) is 0 Å². The Morgan fingerprint density at radius 3 is 1.42 bits per heavy atom. The van der Waals surface area contributed by atoms with Crippen molar-refractivity contribution in [3.8, 4) is 0 Å². The summed E-state index contributed by atoms with van der Waals surface area (Å²) in [6, 6.07) is 5.02. The Labute approximate surface area is 111 Å². The molecule has 0 spiro atoms. The number of benzene rings is 1. The van der Waals surface area contributed by atoms with Crippen molar-refractivity contribution in [3.05, 3.63) is 35.4 Å². The Morgan fingerprint density at radius 2 is 1.21 bits per heavy atom. The highest BCUT2D eigenvalue weighted by molar-refractivity contribution is 5.91. The van der Waals surface area contributed by atoms with Crippen LogP contribution < -0.4 is 16.8 Å². The van der Waals surface area contributed by atoms with Gasteiger partial charge in [-0.15, -0.1) is 0 Å². The molecule has 19 heavy (non-hydrogen) atoms. The fourth-order valence-corrected chi connectivity index (χ4v) is 1.08. The highest BCUT2D eigenvalue weighted by Gasteiger charge is 2.04. The quantitative estimate of drug-likeness (QED) is 0.442. The average Bonchev–Trinajstić information content (AvgIpc) is 2.40. The lowest BCUT2D eigenvalue weighted by atomic mass is 10.1. The number of carboxylic acid groups (broad SMARTS) is 2. The van der Waals surface area contributed by atoms with Crippen LogP contribution in [0.1, 0.15) is 20.7 Å². The van der Waals surface area contributed by atoms with Crippen LogP contribution in [0.3, 0.4) is 0 Å². The second-order valence-corrected chi connectivity index (χ2v) is 3.52. The summed E-state index contributed by atoms with van der Waals surface area (Å²) in [4.78, 5) is 20.7. The van der Waals surface area contributed by atoms with Crippen molar-refractivity contribution in [1.82, 2.24) is 5.32 Å². The second-order valence-electron chi connectivity index (χ2n) is 3.52. The molecule has 106 valence electrons. The predicted molar refractivity (Wildman–Crippen MR) is 71.3 cm³/mol. The van der Waals surface area contributed by atoms with Crippen LogP contribution in [0, 0.1) is 0 Å². The molecule has 0 radical (unpaired) electrons. The van der Waals surface area contributed by atoms with Gasteiger partial charge in [-0.2, -0.15) is 0 Å². The molecule has 0 bridgehead atoms. The van der Waals surface area contributed by atoms with E-state index in [0.29, 0.717) is 13.1 Å². The first-order valence-corrected chi connectivity index (χ1v) is 5.70. The zero-order valence-corrected chi connectivity index (χ0v) is 10.5. The summed E-state index contributed by atoms with van der Waals surface area (Å²) in [5.74, 6) is -2.13. The first kappa shape index (κ1) is 17.0. The van der Waals surface area contributed by atoms with E-state index in [-0.39, 0.29) is 11.1 Å². The van der Waals surface area contributed by atoms with Crippen molar-refractivity contribution in [1.29, 1.82) is 0 Å². The van der Waals surface area contributed by atoms with Crippen LogP contribution in [0.2, 0.25) is 0 Å². The van der Waals surface area contributed by atoms with Crippen molar-refractivity contribution >= 4 is 11.9 Å². The fourth-order valence-electron chi connectivity index (χ4n) is 1.08. The highest BCUT2D eigenvalue weighted by Crippen LogP contribution is 2.03. The third-order valence-electron chi connectivity index (χ3n) is 2.02. The lowest BCUT2D eigenvalue weighted by Gasteiger charge is -1.95. The maximum Gasteiger partial charge on any atom is 0.335 e. The molecule has 0 saturated heterocycles. The first-order chi connectivity index (χ1) is 9.02. The summed E-state index contributed by atoms with van der Waals surface area (Å²) in [6.45, 7) is 3.13. The van der Waals surface area contributed by atoms with E-state index in [0.717, 1.165) is 13.1 Å². The molecule has 0 heterocycles. The van der Waals surface area contributed by atoms with Gasteiger partial charge >= 0.3 is 11.9 Å². The molecule has 7 heteroatoms. The molecule has 0 amide bonds. The number of carboxylic acids is 2. The number of hydrogen-bond donors (Lipinski definition) is 5. The van der Waals surface area contributed by atoms with E-state index in [9.17, 15) is 9.59 Å². The molecule has 0 atom stereocenters. The van der Waals surface area contributed by atoms with Crippen molar-refractivity contribution in [2.75, 3.05) is 26.2 Å².